The van der Waals surface area contributed by atoms with Gasteiger partial charge < -0.3 is 14.9 Å². The minimum absolute atomic E-state index is 0.133. The van der Waals surface area contributed by atoms with E-state index in [0.29, 0.717) is 23.7 Å². The summed E-state index contributed by atoms with van der Waals surface area (Å²) in [7, 11) is 0. The molecule has 3 heterocycles. The summed E-state index contributed by atoms with van der Waals surface area (Å²) in [6.45, 7) is 3.80. The third-order valence-corrected chi connectivity index (χ3v) is 6.58. The zero-order chi connectivity index (χ0) is 25.3. The summed E-state index contributed by atoms with van der Waals surface area (Å²) in [5.74, 6) is 0.0510. The van der Waals surface area contributed by atoms with Crippen LogP contribution in [0.3, 0.4) is 0 Å². The first-order chi connectivity index (χ1) is 16.8. The van der Waals surface area contributed by atoms with Crippen molar-refractivity contribution in [2.45, 2.75) is 32.7 Å². The molecule has 2 N–H and O–H groups in total. The number of ether oxygens (including phenoxy) is 1. The summed E-state index contributed by atoms with van der Waals surface area (Å²) >= 11 is 7.06. The van der Waals surface area contributed by atoms with E-state index in [9.17, 15) is 20.2 Å². The highest BCUT2D eigenvalue weighted by atomic mass is 35.5. The SMILES string of the molecule is CCCC1=C(C(=O)OCC)[C@@H](c2ccc(-c3ccc(Cl)cc3[N+](=O)[O-])o2)N2C(=N1)SC(C#N)=C2N. The molecule has 0 saturated carbocycles. The molecular weight excluding hydrogens is 494 g/mol. The summed E-state index contributed by atoms with van der Waals surface area (Å²) in [5, 5.41) is 21.8. The van der Waals surface area contributed by atoms with Crippen LogP contribution < -0.4 is 5.73 Å². The Morgan fingerprint density at radius 3 is 2.83 bits per heavy atom. The summed E-state index contributed by atoms with van der Waals surface area (Å²) in [6.07, 6.45) is 1.20. The van der Waals surface area contributed by atoms with Gasteiger partial charge in [0.2, 0.25) is 0 Å². The molecule has 35 heavy (non-hydrogen) atoms. The smallest absolute Gasteiger partial charge is 0.338 e. The zero-order valence-electron chi connectivity index (χ0n) is 18.8. The molecule has 0 spiro atoms. The monoisotopic (exact) mass is 513 g/mol. The lowest BCUT2D eigenvalue weighted by molar-refractivity contribution is -0.384. The van der Waals surface area contributed by atoms with Crippen LogP contribution >= 0.6 is 23.4 Å². The lowest BCUT2D eigenvalue weighted by atomic mass is 9.97. The number of carbonyl (C=O) groups excluding carboxylic acids is 1. The van der Waals surface area contributed by atoms with Gasteiger partial charge in [0.15, 0.2) is 5.17 Å². The predicted octanol–water partition coefficient (Wildman–Crippen LogP) is 5.24. The van der Waals surface area contributed by atoms with Gasteiger partial charge in [-0.3, -0.25) is 15.0 Å². The maximum atomic E-state index is 13.1. The van der Waals surface area contributed by atoms with Crippen LogP contribution in [0.5, 0.6) is 0 Å². The lowest BCUT2D eigenvalue weighted by Gasteiger charge is -2.33. The predicted molar refractivity (Wildman–Crippen MR) is 131 cm³/mol. The first-order valence-electron chi connectivity index (χ1n) is 10.7. The fourth-order valence-corrected chi connectivity index (χ4v) is 4.97. The molecule has 0 saturated heterocycles. The highest BCUT2D eigenvalue weighted by Gasteiger charge is 2.44. The van der Waals surface area contributed by atoms with Crippen molar-refractivity contribution in [1.82, 2.24) is 4.90 Å². The number of carbonyl (C=O) groups is 1. The first kappa shape index (κ1) is 24.4. The van der Waals surface area contributed by atoms with Crippen LogP contribution in [0.4, 0.5) is 5.69 Å². The first-order valence-corrected chi connectivity index (χ1v) is 11.9. The van der Waals surface area contributed by atoms with Crippen molar-refractivity contribution >= 4 is 40.2 Å². The second kappa shape index (κ2) is 9.85. The second-order valence-electron chi connectivity index (χ2n) is 7.55. The molecule has 10 nitrogen and oxygen atoms in total. The van der Waals surface area contributed by atoms with Gasteiger partial charge in [0.05, 0.1) is 28.4 Å². The van der Waals surface area contributed by atoms with Gasteiger partial charge in [0, 0.05) is 11.1 Å². The topological polar surface area (TPSA) is 148 Å². The number of nitrogens with two attached hydrogens (primary N) is 1. The molecule has 1 aromatic heterocycles. The number of nitrogens with zero attached hydrogens (tertiary/aromatic N) is 4. The number of hydrogen-bond acceptors (Lipinski definition) is 10. The van der Waals surface area contributed by atoms with Crippen LogP contribution in [0, 0.1) is 21.4 Å². The highest BCUT2D eigenvalue weighted by Crippen LogP contribution is 2.47. The number of amidine groups is 1. The van der Waals surface area contributed by atoms with Crippen LogP contribution in [0.2, 0.25) is 5.02 Å². The zero-order valence-corrected chi connectivity index (χ0v) is 20.4. The van der Waals surface area contributed by atoms with Gasteiger partial charge in [-0.05, 0) is 49.4 Å². The highest BCUT2D eigenvalue weighted by molar-refractivity contribution is 8.17. The van der Waals surface area contributed by atoms with Crippen LogP contribution in [0.25, 0.3) is 11.3 Å². The van der Waals surface area contributed by atoms with Gasteiger partial charge in [0.25, 0.3) is 5.69 Å². The summed E-state index contributed by atoms with van der Waals surface area (Å²) in [5.41, 5.74) is 7.04. The van der Waals surface area contributed by atoms with Crippen LogP contribution in [0.15, 0.2) is 61.7 Å². The minimum Gasteiger partial charge on any atom is -0.463 e. The Hall–Kier alpha value is -3.75. The van der Waals surface area contributed by atoms with E-state index < -0.39 is 16.9 Å². The van der Waals surface area contributed by atoms with Crippen molar-refractivity contribution in [3.8, 4) is 17.4 Å². The number of aliphatic imine (C=N–C) groups is 1. The normalized spacial score (nSPS) is 17.3. The van der Waals surface area contributed by atoms with E-state index in [0.717, 1.165) is 11.8 Å². The van der Waals surface area contributed by atoms with Crippen LogP contribution in [-0.2, 0) is 9.53 Å². The maximum Gasteiger partial charge on any atom is 0.338 e. The quantitative estimate of drug-likeness (QED) is 0.298. The summed E-state index contributed by atoms with van der Waals surface area (Å²) in [6, 6.07) is 8.64. The second-order valence-corrected chi connectivity index (χ2v) is 8.96. The summed E-state index contributed by atoms with van der Waals surface area (Å²) in [4.78, 5) is 30.6. The maximum absolute atomic E-state index is 13.1. The molecule has 0 fully saturated rings. The molecule has 0 amide bonds. The van der Waals surface area contributed by atoms with Gasteiger partial charge in [-0.25, -0.2) is 9.79 Å². The summed E-state index contributed by atoms with van der Waals surface area (Å²) < 4.78 is 11.4. The van der Waals surface area contributed by atoms with Gasteiger partial charge in [-0.1, -0.05) is 24.9 Å². The fourth-order valence-electron chi connectivity index (χ4n) is 3.92. The average Bonchev–Trinajstić information content (AvgIpc) is 3.43. The number of hydrogen-bond donors (Lipinski definition) is 1. The molecule has 0 aliphatic carbocycles. The fraction of sp³-hybridized carbons (Fsp3) is 0.261. The van der Waals surface area contributed by atoms with E-state index in [1.165, 1.54) is 18.2 Å². The molecule has 0 radical (unpaired) electrons. The Kier molecular flexibility index (Phi) is 6.86. The lowest BCUT2D eigenvalue weighted by Crippen LogP contribution is -2.38. The minimum atomic E-state index is -0.874. The van der Waals surface area contributed by atoms with Gasteiger partial charge in [-0.15, -0.1) is 0 Å². The molecule has 2 aromatic rings. The Morgan fingerprint density at radius 2 is 2.17 bits per heavy atom. The van der Waals surface area contributed by atoms with Crippen molar-refractivity contribution in [1.29, 1.82) is 5.26 Å². The molecule has 2 aliphatic heterocycles. The number of nitro benzene ring substituents is 1. The number of thioether (sulfide) groups is 1. The number of allylic oxidation sites excluding steroid dienone is 2. The molecule has 0 bridgehead atoms. The number of esters is 1. The molecule has 4 rings (SSSR count). The van der Waals surface area contributed by atoms with E-state index in [1.54, 1.807) is 24.0 Å². The average molecular weight is 514 g/mol. The third kappa shape index (κ3) is 4.38. The van der Waals surface area contributed by atoms with Crippen molar-refractivity contribution < 1.29 is 18.9 Å². The number of fused-ring (bicyclic) bond motifs is 1. The number of rotatable bonds is 7. The van der Waals surface area contributed by atoms with Crippen molar-refractivity contribution in [3.63, 3.8) is 0 Å². The Balaban J connectivity index is 1.89. The number of benzene rings is 1. The van der Waals surface area contributed by atoms with Crippen molar-refractivity contribution in [3.05, 3.63) is 73.2 Å². The molecule has 1 aromatic carbocycles. The van der Waals surface area contributed by atoms with Crippen molar-refractivity contribution in [2.24, 2.45) is 10.7 Å². The van der Waals surface area contributed by atoms with E-state index in [4.69, 9.17) is 26.5 Å². The van der Waals surface area contributed by atoms with E-state index in [1.807, 2.05) is 6.92 Å². The van der Waals surface area contributed by atoms with Gasteiger partial charge in [0.1, 0.15) is 34.4 Å². The third-order valence-electron chi connectivity index (χ3n) is 5.37. The van der Waals surface area contributed by atoms with E-state index >= 15 is 0 Å². The molecule has 1 atom stereocenters. The Bertz CT molecular complexity index is 1360. The molecule has 2 aliphatic rings. The standard InChI is InChI=1S/C23H20ClN5O5S/c1-3-5-14-19(22(30)33-4-2)20(28-21(26)18(11-25)35-23(28)27-14)17-9-8-16(34-17)13-7-6-12(24)10-15(13)29(31)32/h6-10,20H,3-5,26H2,1-2H3/t20-/m1/s1. The number of halogens is 1. The number of furan rings is 1. The molecule has 0 unspecified atom stereocenters. The van der Waals surface area contributed by atoms with Gasteiger partial charge >= 0.3 is 5.97 Å². The molecule has 180 valence electrons. The van der Waals surface area contributed by atoms with Crippen LogP contribution in [0.1, 0.15) is 38.5 Å². The van der Waals surface area contributed by atoms with E-state index in [2.05, 4.69) is 11.1 Å². The number of nitriles is 1. The Morgan fingerprint density at radius 1 is 1.40 bits per heavy atom. The van der Waals surface area contributed by atoms with E-state index in [-0.39, 0.29) is 50.7 Å². The number of nitro groups is 1. The van der Waals surface area contributed by atoms with Gasteiger partial charge in [-0.2, -0.15) is 5.26 Å². The van der Waals surface area contributed by atoms with Crippen molar-refractivity contribution in [2.75, 3.05) is 6.61 Å². The molecule has 12 heteroatoms. The van der Waals surface area contributed by atoms with Crippen LogP contribution in [-0.4, -0.2) is 27.6 Å². The Labute approximate surface area is 209 Å². The molecular formula is C23H20ClN5O5S. The largest absolute Gasteiger partial charge is 0.463 e.